The van der Waals surface area contributed by atoms with Gasteiger partial charge in [0.25, 0.3) is 0 Å². The van der Waals surface area contributed by atoms with Crippen molar-refractivity contribution in [2.24, 2.45) is 5.92 Å². The lowest BCUT2D eigenvalue weighted by atomic mass is 9.84. The first-order valence-corrected chi connectivity index (χ1v) is 8.01. The lowest BCUT2D eigenvalue weighted by Crippen LogP contribution is -2.12. The molecule has 0 unspecified atom stereocenters. The van der Waals surface area contributed by atoms with Crippen molar-refractivity contribution in [2.45, 2.75) is 38.5 Å². The summed E-state index contributed by atoms with van der Waals surface area (Å²) in [7, 11) is 0. The van der Waals surface area contributed by atoms with E-state index < -0.39 is 0 Å². The summed E-state index contributed by atoms with van der Waals surface area (Å²) in [5, 5.41) is 0. The smallest absolute Gasteiger partial charge is 0.163 e. The largest absolute Gasteiger partial charge is 0.294 e. The van der Waals surface area contributed by atoms with Crippen molar-refractivity contribution in [3.05, 3.63) is 60.2 Å². The Morgan fingerprint density at radius 1 is 0.810 bits per heavy atom. The molecule has 1 heteroatoms. The summed E-state index contributed by atoms with van der Waals surface area (Å²) >= 11 is 0. The Morgan fingerprint density at radius 3 is 2.10 bits per heavy atom. The van der Waals surface area contributed by atoms with Gasteiger partial charge in [-0.3, -0.25) is 4.79 Å². The predicted molar refractivity (Wildman–Crippen MR) is 87.4 cm³/mol. The highest BCUT2D eigenvalue weighted by molar-refractivity contribution is 5.96. The van der Waals surface area contributed by atoms with Gasteiger partial charge in [-0.1, -0.05) is 86.7 Å². The van der Waals surface area contributed by atoms with Gasteiger partial charge in [0.05, 0.1) is 0 Å². The molecule has 3 rings (SSSR count). The first kappa shape index (κ1) is 14.1. The maximum absolute atomic E-state index is 12.4. The van der Waals surface area contributed by atoms with Crippen LogP contribution in [0.25, 0.3) is 11.1 Å². The van der Waals surface area contributed by atoms with Crippen molar-refractivity contribution in [1.29, 1.82) is 0 Å². The molecule has 0 spiro atoms. The van der Waals surface area contributed by atoms with Gasteiger partial charge in [0, 0.05) is 12.0 Å². The molecule has 0 atom stereocenters. The normalized spacial score (nSPS) is 15.8. The number of carbonyl (C=O) groups excluding carboxylic acids is 1. The number of Topliss-reactive ketones (excluding diaryl/α,β-unsaturated/α-hetero) is 1. The highest BCUT2D eigenvalue weighted by atomic mass is 16.1. The molecule has 2 aromatic carbocycles. The maximum atomic E-state index is 12.4. The molecule has 0 aliphatic heterocycles. The van der Waals surface area contributed by atoms with E-state index in [0.717, 1.165) is 12.0 Å². The Balaban J connectivity index is 1.67. The van der Waals surface area contributed by atoms with E-state index in [-0.39, 0.29) is 0 Å². The Bertz CT molecular complexity index is 577. The Morgan fingerprint density at radius 2 is 1.43 bits per heavy atom. The van der Waals surface area contributed by atoms with Crippen LogP contribution in [0.1, 0.15) is 48.9 Å². The molecule has 0 aromatic heterocycles. The minimum atomic E-state index is 0.307. The van der Waals surface area contributed by atoms with Gasteiger partial charge in [-0.2, -0.15) is 0 Å². The third-order valence-corrected chi connectivity index (χ3v) is 4.51. The van der Waals surface area contributed by atoms with Gasteiger partial charge in [-0.25, -0.2) is 0 Å². The Hall–Kier alpha value is -1.89. The van der Waals surface area contributed by atoms with Crippen LogP contribution in [0.5, 0.6) is 0 Å². The topological polar surface area (TPSA) is 17.1 Å². The molecule has 1 fully saturated rings. The SMILES string of the molecule is O=C(CC1CCCCC1)c1ccc(-c2ccccc2)cc1. The molecule has 108 valence electrons. The fourth-order valence-corrected chi connectivity index (χ4v) is 3.25. The number of carbonyl (C=O) groups is 1. The predicted octanol–water partition coefficient (Wildman–Crippen LogP) is 5.51. The first-order valence-electron chi connectivity index (χ1n) is 8.01. The van der Waals surface area contributed by atoms with E-state index in [0.29, 0.717) is 11.7 Å². The van der Waals surface area contributed by atoms with Gasteiger partial charge in [0.15, 0.2) is 5.78 Å². The van der Waals surface area contributed by atoms with Crippen molar-refractivity contribution in [3.8, 4) is 11.1 Å². The van der Waals surface area contributed by atoms with Crippen LogP contribution in [-0.2, 0) is 0 Å². The molecule has 0 N–H and O–H groups in total. The van der Waals surface area contributed by atoms with E-state index in [1.165, 1.54) is 43.2 Å². The molecular formula is C20H22O. The van der Waals surface area contributed by atoms with Crippen LogP contribution in [0.3, 0.4) is 0 Å². The molecule has 1 aliphatic carbocycles. The van der Waals surface area contributed by atoms with Crippen LogP contribution in [0.2, 0.25) is 0 Å². The molecule has 21 heavy (non-hydrogen) atoms. The minimum Gasteiger partial charge on any atom is -0.294 e. The van der Waals surface area contributed by atoms with Crippen molar-refractivity contribution in [1.82, 2.24) is 0 Å². The Kier molecular flexibility index (Phi) is 4.49. The summed E-state index contributed by atoms with van der Waals surface area (Å²) < 4.78 is 0. The van der Waals surface area contributed by atoms with Gasteiger partial charge < -0.3 is 0 Å². The van der Waals surface area contributed by atoms with Gasteiger partial charge in [0.1, 0.15) is 0 Å². The molecule has 0 bridgehead atoms. The van der Waals surface area contributed by atoms with E-state index in [9.17, 15) is 4.79 Å². The van der Waals surface area contributed by atoms with Gasteiger partial charge >= 0.3 is 0 Å². The van der Waals surface area contributed by atoms with Gasteiger partial charge in [-0.05, 0) is 17.0 Å². The highest BCUT2D eigenvalue weighted by Gasteiger charge is 2.17. The standard InChI is InChI=1S/C20H22O/c21-20(15-16-7-3-1-4-8-16)19-13-11-18(12-14-19)17-9-5-2-6-10-17/h2,5-6,9-14,16H,1,3-4,7-8,15H2. The number of hydrogen-bond acceptors (Lipinski definition) is 1. The summed E-state index contributed by atoms with van der Waals surface area (Å²) in [5.41, 5.74) is 3.23. The Labute approximate surface area is 127 Å². The lowest BCUT2D eigenvalue weighted by Gasteiger charge is -2.20. The maximum Gasteiger partial charge on any atom is 0.163 e. The molecule has 0 radical (unpaired) electrons. The molecule has 0 heterocycles. The van der Waals surface area contributed by atoms with E-state index >= 15 is 0 Å². The molecule has 1 saturated carbocycles. The number of rotatable bonds is 4. The fraction of sp³-hybridized carbons (Fsp3) is 0.350. The van der Waals surface area contributed by atoms with Crippen LogP contribution < -0.4 is 0 Å². The third-order valence-electron chi connectivity index (χ3n) is 4.51. The van der Waals surface area contributed by atoms with Gasteiger partial charge in [-0.15, -0.1) is 0 Å². The van der Waals surface area contributed by atoms with Crippen molar-refractivity contribution < 1.29 is 4.79 Å². The van der Waals surface area contributed by atoms with Crippen LogP contribution in [0.15, 0.2) is 54.6 Å². The third kappa shape index (κ3) is 3.60. The van der Waals surface area contributed by atoms with E-state index in [4.69, 9.17) is 0 Å². The average molecular weight is 278 g/mol. The molecule has 0 saturated heterocycles. The quantitative estimate of drug-likeness (QED) is 0.674. The van der Waals surface area contributed by atoms with Crippen LogP contribution in [0, 0.1) is 5.92 Å². The summed E-state index contributed by atoms with van der Waals surface area (Å²) in [5.74, 6) is 0.918. The van der Waals surface area contributed by atoms with Crippen molar-refractivity contribution >= 4 is 5.78 Å². The summed E-state index contributed by atoms with van der Waals surface area (Å²) in [6, 6.07) is 18.4. The molecule has 1 aliphatic rings. The van der Waals surface area contributed by atoms with Crippen LogP contribution in [0.4, 0.5) is 0 Å². The number of hydrogen-bond donors (Lipinski definition) is 0. The van der Waals surface area contributed by atoms with Crippen LogP contribution in [-0.4, -0.2) is 5.78 Å². The van der Waals surface area contributed by atoms with E-state index in [2.05, 4.69) is 24.3 Å². The van der Waals surface area contributed by atoms with Crippen molar-refractivity contribution in [2.75, 3.05) is 0 Å². The fourth-order valence-electron chi connectivity index (χ4n) is 3.25. The second-order valence-electron chi connectivity index (χ2n) is 6.07. The van der Waals surface area contributed by atoms with Gasteiger partial charge in [0.2, 0.25) is 0 Å². The second kappa shape index (κ2) is 6.71. The zero-order valence-electron chi connectivity index (χ0n) is 12.4. The molecular weight excluding hydrogens is 256 g/mol. The minimum absolute atomic E-state index is 0.307. The highest BCUT2D eigenvalue weighted by Crippen LogP contribution is 2.28. The van der Waals surface area contributed by atoms with Crippen LogP contribution >= 0.6 is 0 Å². The molecule has 0 amide bonds. The molecule has 2 aromatic rings. The monoisotopic (exact) mass is 278 g/mol. The summed E-state index contributed by atoms with van der Waals surface area (Å²) in [6.45, 7) is 0. The summed E-state index contributed by atoms with van der Waals surface area (Å²) in [4.78, 5) is 12.4. The average Bonchev–Trinajstić information content (AvgIpc) is 2.57. The molecule has 1 nitrogen and oxygen atoms in total. The number of ketones is 1. The van der Waals surface area contributed by atoms with E-state index in [1.54, 1.807) is 0 Å². The second-order valence-corrected chi connectivity index (χ2v) is 6.07. The first-order chi connectivity index (χ1) is 10.3. The van der Waals surface area contributed by atoms with Crippen molar-refractivity contribution in [3.63, 3.8) is 0 Å². The number of benzene rings is 2. The summed E-state index contributed by atoms with van der Waals surface area (Å²) in [6.07, 6.45) is 7.12. The lowest BCUT2D eigenvalue weighted by molar-refractivity contribution is 0.0950. The zero-order chi connectivity index (χ0) is 14.5. The zero-order valence-corrected chi connectivity index (χ0v) is 12.4. The van der Waals surface area contributed by atoms with E-state index in [1.807, 2.05) is 30.3 Å².